The minimum absolute atomic E-state index is 0.0347. The molecule has 0 atom stereocenters. The maximum absolute atomic E-state index is 11.7. The summed E-state index contributed by atoms with van der Waals surface area (Å²) in [5.41, 5.74) is 2.19. The average molecular weight is 425 g/mol. The van der Waals surface area contributed by atoms with Gasteiger partial charge in [0.15, 0.2) is 0 Å². The molecule has 0 aliphatic heterocycles. The van der Waals surface area contributed by atoms with Crippen LogP contribution in [0.4, 0.5) is 5.69 Å². The topological polar surface area (TPSA) is 20.3 Å². The number of hydrogen-bond acceptors (Lipinski definition) is 1. The van der Waals surface area contributed by atoms with Crippen LogP contribution in [0.1, 0.15) is 12.5 Å². The van der Waals surface area contributed by atoms with Crippen LogP contribution < -0.4 is 20.8 Å². The van der Waals surface area contributed by atoms with E-state index in [1.54, 1.807) is 11.8 Å². The highest BCUT2D eigenvalue weighted by molar-refractivity contribution is 7.95. The highest BCUT2D eigenvalue weighted by atomic mass is 31.2. The van der Waals surface area contributed by atoms with Crippen LogP contribution in [-0.2, 0) is 11.0 Å². The Labute approximate surface area is 185 Å². The molecule has 4 aromatic carbocycles. The summed E-state index contributed by atoms with van der Waals surface area (Å²) in [6.45, 7) is 1.59. The lowest BCUT2D eigenvalue weighted by atomic mass is 10.2. The van der Waals surface area contributed by atoms with Crippen molar-refractivity contribution in [2.24, 2.45) is 0 Å². The van der Waals surface area contributed by atoms with Crippen molar-refractivity contribution in [1.82, 2.24) is 0 Å². The van der Waals surface area contributed by atoms with Gasteiger partial charge in [-0.2, -0.15) is 0 Å². The lowest BCUT2D eigenvalue weighted by molar-refractivity contribution is -0.116. The SMILES string of the molecule is CC(=O)N(C)c1ccc(C[P+](c2ccccc2)(c2ccccc2)c2ccccc2)cc1. The molecule has 3 heteroatoms. The van der Waals surface area contributed by atoms with Crippen molar-refractivity contribution in [2.45, 2.75) is 13.1 Å². The van der Waals surface area contributed by atoms with E-state index in [4.69, 9.17) is 0 Å². The first-order valence-electron chi connectivity index (χ1n) is 10.5. The Morgan fingerprint density at radius 2 is 1.03 bits per heavy atom. The molecule has 4 aromatic rings. The summed E-state index contributed by atoms with van der Waals surface area (Å²) >= 11 is 0. The van der Waals surface area contributed by atoms with Gasteiger partial charge in [0.2, 0.25) is 5.91 Å². The van der Waals surface area contributed by atoms with Gasteiger partial charge in [0.1, 0.15) is 23.2 Å². The van der Waals surface area contributed by atoms with Gasteiger partial charge in [-0.25, -0.2) is 0 Å². The molecular formula is C28H27NOP+. The second kappa shape index (κ2) is 9.29. The van der Waals surface area contributed by atoms with Crippen LogP contribution >= 0.6 is 7.26 Å². The highest BCUT2D eigenvalue weighted by Gasteiger charge is 2.45. The first-order valence-corrected chi connectivity index (χ1v) is 12.5. The minimum Gasteiger partial charge on any atom is -0.316 e. The van der Waals surface area contributed by atoms with E-state index in [9.17, 15) is 4.79 Å². The zero-order chi connectivity index (χ0) is 21.7. The van der Waals surface area contributed by atoms with E-state index in [1.807, 2.05) is 19.2 Å². The Morgan fingerprint density at radius 3 is 1.39 bits per heavy atom. The second-order valence-corrected chi connectivity index (χ2v) is 11.2. The van der Waals surface area contributed by atoms with Crippen LogP contribution in [0.3, 0.4) is 0 Å². The molecule has 0 saturated carbocycles. The van der Waals surface area contributed by atoms with Crippen molar-refractivity contribution in [2.75, 3.05) is 11.9 Å². The molecule has 0 fully saturated rings. The first-order chi connectivity index (χ1) is 15.1. The van der Waals surface area contributed by atoms with Gasteiger partial charge in [-0.15, -0.1) is 0 Å². The zero-order valence-corrected chi connectivity index (χ0v) is 18.9. The van der Waals surface area contributed by atoms with E-state index < -0.39 is 7.26 Å². The quantitative estimate of drug-likeness (QED) is 0.392. The van der Waals surface area contributed by atoms with E-state index in [-0.39, 0.29) is 5.91 Å². The molecule has 154 valence electrons. The number of amides is 1. The molecule has 4 rings (SSSR count). The Bertz CT molecular complexity index is 1030. The lowest BCUT2D eigenvalue weighted by Gasteiger charge is -2.28. The van der Waals surface area contributed by atoms with Crippen molar-refractivity contribution < 1.29 is 4.79 Å². The Kier molecular flexibility index (Phi) is 6.30. The smallest absolute Gasteiger partial charge is 0.223 e. The fourth-order valence-corrected chi connectivity index (χ4v) is 8.29. The van der Waals surface area contributed by atoms with Gasteiger partial charge in [-0.3, -0.25) is 4.79 Å². The van der Waals surface area contributed by atoms with E-state index in [0.717, 1.165) is 11.8 Å². The summed E-state index contributed by atoms with van der Waals surface area (Å²) in [5.74, 6) is 0.0347. The molecule has 0 spiro atoms. The molecule has 0 aliphatic rings. The second-order valence-electron chi connectivity index (χ2n) is 7.72. The van der Waals surface area contributed by atoms with Gasteiger partial charge < -0.3 is 4.90 Å². The Morgan fingerprint density at radius 1 is 0.645 bits per heavy atom. The van der Waals surface area contributed by atoms with E-state index >= 15 is 0 Å². The van der Waals surface area contributed by atoms with E-state index in [2.05, 4.69) is 103 Å². The van der Waals surface area contributed by atoms with Crippen molar-refractivity contribution >= 4 is 34.8 Å². The highest BCUT2D eigenvalue weighted by Crippen LogP contribution is 2.58. The molecule has 0 aliphatic carbocycles. The molecule has 1 amide bonds. The van der Waals surface area contributed by atoms with Crippen LogP contribution in [0.5, 0.6) is 0 Å². The predicted molar refractivity (Wildman–Crippen MR) is 134 cm³/mol. The van der Waals surface area contributed by atoms with Gasteiger partial charge in [0.05, 0.1) is 6.16 Å². The molecular weight excluding hydrogens is 397 g/mol. The summed E-state index contributed by atoms with van der Waals surface area (Å²) < 4.78 is 0. The van der Waals surface area contributed by atoms with Gasteiger partial charge in [0.25, 0.3) is 0 Å². The van der Waals surface area contributed by atoms with Crippen molar-refractivity contribution in [3.8, 4) is 0 Å². The van der Waals surface area contributed by atoms with Crippen molar-refractivity contribution in [3.63, 3.8) is 0 Å². The van der Waals surface area contributed by atoms with E-state index in [0.29, 0.717) is 0 Å². The maximum Gasteiger partial charge on any atom is 0.223 e. The van der Waals surface area contributed by atoms with Gasteiger partial charge in [-0.05, 0) is 54.1 Å². The molecule has 0 radical (unpaired) electrons. The molecule has 2 nitrogen and oxygen atoms in total. The number of carbonyl (C=O) groups is 1. The summed E-state index contributed by atoms with van der Waals surface area (Å²) in [4.78, 5) is 13.4. The van der Waals surface area contributed by atoms with Gasteiger partial charge >= 0.3 is 0 Å². The predicted octanol–water partition coefficient (Wildman–Crippen LogP) is 5.16. The molecule has 0 unspecified atom stereocenters. The number of carbonyl (C=O) groups excluding carboxylic acids is 1. The molecule has 0 heterocycles. The van der Waals surface area contributed by atoms with Gasteiger partial charge in [0, 0.05) is 19.7 Å². The van der Waals surface area contributed by atoms with Crippen molar-refractivity contribution in [3.05, 3.63) is 121 Å². The van der Waals surface area contributed by atoms with E-state index in [1.165, 1.54) is 21.5 Å². The van der Waals surface area contributed by atoms with Crippen LogP contribution in [0.25, 0.3) is 0 Å². The van der Waals surface area contributed by atoms with Crippen LogP contribution in [0.15, 0.2) is 115 Å². The summed E-state index contributed by atoms with van der Waals surface area (Å²) in [6.07, 6.45) is 0.926. The fraction of sp³-hybridized carbons (Fsp3) is 0.107. The number of nitrogens with zero attached hydrogens (tertiary/aromatic N) is 1. The number of anilines is 1. The lowest BCUT2D eigenvalue weighted by Crippen LogP contribution is -2.32. The third-order valence-corrected chi connectivity index (χ3v) is 10.2. The Hall–Kier alpha value is -3.22. The standard InChI is InChI=1S/C28H27NOP/c1-23(30)29(2)25-20-18-24(19-21-25)22-31(26-12-6-3-7-13-26,27-14-8-4-9-15-27)28-16-10-5-11-17-28/h3-21H,22H2,1-2H3/q+1. The third kappa shape index (κ3) is 4.31. The third-order valence-electron chi connectivity index (χ3n) is 5.81. The number of hydrogen-bond donors (Lipinski definition) is 0. The van der Waals surface area contributed by atoms with Crippen LogP contribution in [-0.4, -0.2) is 13.0 Å². The van der Waals surface area contributed by atoms with Gasteiger partial charge in [-0.1, -0.05) is 66.7 Å². The average Bonchev–Trinajstić information content (AvgIpc) is 2.84. The Balaban J connectivity index is 1.88. The molecule has 31 heavy (non-hydrogen) atoms. The summed E-state index contributed by atoms with van der Waals surface area (Å²) in [5, 5.41) is 4.12. The first kappa shape index (κ1) is 21.0. The molecule has 0 bridgehead atoms. The van der Waals surface area contributed by atoms with Crippen molar-refractivity contribution in [1.29, 1.82) is 0 Å². The normalized spacial score (nSPS) is 11.2. The minimum atomic E-state index is -1.91. The van der Waals surface area contributed by atoms with Crippen LogP contribution in [0, 0.1) is 0 Å². The molecule has 0 N–H and O–H groups in total. The molecule has 0 saturated heterocycles. The van der Waals surface area contributed by atoms with Crippen LogP contribution in [0.2, 0.25) is 0 Å². The summed E-state index contributed by atoms with van der Waals surface area (Å²) in [7, 11) is -0.102. The number of rotatable bonds is 6. The zero-order valence-electron chi connectivity index (χ0n) is 18.0. The number of benzene rings is 4. The fourth-order valence-electron chi connectivity index (χ4n) is 4.05. The molecule has 0 aromatic heterocycles. The summed E-state index contributed by atoms with van der Waals surface area (Å²) in [6, 6.07) is 41.1. The monoisotopic (exact) mass is 424 g/mol. The largest absolute Gasteiger partial charge is 0.316 e. The maximum atomic E-state index is 11.7.